The second kappa shape index (κ2) is 6.75. The number of rotatable bonds is 6. The van der Waals surface area contributed by atoms with Crippen molar-refractivity contribution in [2.45, 2.75) is 32.1 Å². The van der Waals surface area contributed by atoms with Gasteiger partial charge in [-0.1, -0.05) is 25.0 Å². The Kier molecular flexibility index (Phi) is 5.01. The minimum Gasteiger partial charge on any atom is -0.497 e. The summed E-state index contributed by atoms with van der Waals surface area (Å²) < 4.78 is 5.10. The number of benzene rings is 1. The molecule has 20 heavy (non-hydrogen) atoms. The van der Waals surface area contributed by atoms with Crippen molar-refractivity contribution in [2.75, 3.05) is 20.2 Å². The highest BCUT2D eigenvalue weighted by Crippen LogP contribution is 2.36. The predicted octanol–water partition coefficient (Wildman–Crippen LogP) is 1.87. The van der Waals surface area contributed by atoms with E-state index in [1.54, 1.807) is 7.11 Å². The van der Waals surface area contributed by atoms with Crippen molar-refractivity contribution in [3.8, 4) is 5.75 Å². The zero-order valence-corrected chi connectivity index (χ0v) is 12.2. The first-order chi connectivity index (χ1) is 9.67. The van der Waals surface area contributed by atoms with Gasteiger partial charge in [-0.05, 0) is 42.5 Å². The molecule has 1 fully saturated rings. The third-order valence-corrected chi connectivity index (χ3v) is 4.28. The van der Waals surface area contributed by atoms with Gasteiger partial charge in [0.25, 0.3) is 0 Å². The van der Waals surface area contributed by atoms with Crippen LogP contribution >= 0.6 is 0 Å². The highest BCUT2D eigenvalue weighted by molar-refractivity contribution is 5.78. The zero-order valence-electron chi connectivity index (χ0n) is 12.2. The standard InChI is InChI=1S/C16H24N2O2/c1-20-14-6-4-13(5-7-14)10-15(19)18-12-16(11-17)8-2-3-9-16/h4-7H,2-3,8-12,17H2,1H3,(H,18,19). The number of carbonyl (C=O) groups excluding carboxylic acids is 1. The summed E-state index contributed by atoms with van der Waals surface area (Å²) in [6.07, 6.45) is 5.13. The fraction of sp³-hybridized carbons (Fsp3) is 0.562. The van der Waals surface area contributed by atoms with Crippen molar-refractivity contribution in [3.05, 3.63) is 29.8 Å². The maximum atomic E-state index is 12.0. The normalized spacial score (nSPS) is 16.9. The molecular formula is C16H24N2O2. The maximum Gasteiger partial charge on any atom is 0.224 e. The minimum atomic E-state index is 0.0647. The van der Waals surface area contributed by atoms with Crippen molar-refractivity contribution >= 4 is 5.91 Å². The average Bonchev–Trinajstić information content (AvgIpc) is 2.95. The number of nitrogens with one attached hydrogen (secondary N) is 1. The summed E-state index contributed by atoms with van der Waals surface area (Å²) in [5.74, 6) is 0.872. The van der Waals surface area contributed by atoms with Crippen LogP contribution in [0.2, 0.25) is 0 Å². The van der Waals surface area contributed by atoms with Gasteiger partial charge in [0.2, 0.25) is 5.91 Å². The Labute approximate surface area is 120 Å². The molecule has 0 bridgehead atoms. The van der Waals surface area contributed by atoms with Crippen LogP contribution in [0.4, 0.5) is 0 Å². The molecule has 0 heterocycles. The van der Waals surface area contributed by atoms with Crippen molar-refractivity contribution in [1.29, 1.82) is 0 Å². The SMILES string of the molecule is COc1ccc(CC(=O)NCC2(CN)CCCC2)cc1. The molecule has 1 aliphatic carbocycles. The lowest BCUT2D eigenvalue weighted by Gasteiger charge is -2.27. The number of methoxy groups -OCH3 is 1. The van der Waals surface area contributed by atoms with Crippen molar-refractivity contribution in [2.24, 2.45) is 11.1 Å². The van der Waals surface area contributed by atoms with E-state index >= 15 is 0 Å². The summed E-state index contributed by atoms with van der Waals surface area (Å²) in [6.45, 7) is 1.37. The smallest absolute Gasteiger partial charge is 0.224 e. The Morgan fingerprint density at radius 3 is 2.50 bits per heavy atom. The van der Waals surface area contributed by atoms with Crippen LogP contribution in [-0.4, -0.2) is 26.1 Å². The Morgan fingerprint density at radius 2 is 1.95 bits per heavy atom. The van der Waals surface area contributed by atoms with Crippen LogP contribution in [0.25, 0.3) is 0 Å². The Hall–Kier alpha value is -1.55. The highest BCUT2D eigenvalue weighted by atomic mass is 16.5. The molecule has 0 atom stereocenters. The molecule has 1 aromatic carbocycles. The second-order valence-electron chi connectivity index (χ2n) is 5.71. The number of hydrogen-bond acceptors (Lipinski definition) is 3. The summed E-state index contributed by atoms with van der Waals surface area (Å²) in [4.78, 5) is 12.0. The second-order valence-corrected chi connectivity index (χ2v) is 5.71. The fourth-order valence-electron chi connectivity index (χ4n) is 2.86. The lowest BCUT2D eigenvalue weighted by Crippen LogP contribution is -2.41. The molecule has 110 valence electrons. The largest absolute Gasteiger partial charge is 0.497 e. The highest BCUT2D eigenvalue weighted by Gasteiger charge is 2.32. The third-order valence-electron chi connectivity index (χ3n) is 4.28. The van der Waals surface area contributed by atoms with E-state index in [0.29, 0.717) is 19.5 Å². The van der Waals surface area contributed by atoms with Gasteiger partial charge in [0.1, 0.15) is 5.75 Å². The topological polar surface area (TPSA) is 64.3 Å². The van der Waals surface area contributed by atoms with Gasteiger partial charge in [-0.3, -0.25) is 4.79 Å². The quantitative estimate of drug-likeness (QED) is 0.833. The van der Waals surface area contributed by atoms with Crippen LogP contribution in [0.1, 0.15) is 31.2 Å². The van der Waals surface area contributed by atoms with E-state index in [0.717, 1.165) is 24.2 Å². The first kappa shape index (κ1) is 14.9. The maximum absolute atomic E-state index is 12.0. The molecule has 2 rings (SSSR count). The number of ether oxygens (including phenoxy) is 1. The van der Waals surface area contributed by atoms with Gasteiger partial charge in [-0.2, -0.15) is 0 Å². The van der Waals surface area contributed by atoms with Crippen LogP contribution < -0.4 is 15.8 Å². The lowest BCUT2D eigenvalue weighted by atomic mass is 9.86. The molecule has 0 unspecified atom stereocenters. The monoisotopic (exact) mass is 276 g/mol. The minimum absolute atomic E-state index is 0.0647. The predicted molar refractivity (Wildman–Crippen MR) is 79.7 cm³/mol. The molecule has 0 saturated heterocycles. The van der Waals surface area contributed by atoms with Crippen molar-refractivity contribution < 1.29 is 9.53 Å². The van der Waals surface area contributed by atoms with E-state index in [1.165, 1.54) is 12.8 Å². The first-order valence-corrected chi connectivity index (χ1v) is 7.27. The van der Waals surface area contributed by atoms with Gasteiger partial charge >= 0.3 is 0 Å². The van der Waals surface area contributed by atoms with E-state index in [2.05, 4.69) is 5.32 Å². The Bertz CT molecular complexity index is 436. The van der Waals surface area contributed by atoms with E-state index in [-0.39, 0.29) is 11.3 Å². The summed E-state index contributed by atoms with van der Waals surface area (Å²) in [5, 5.41) is 3.04. The molecule has 0 aromatic heterocycles. The van der Waals surface area contributed by atoms with Gasteiger partial charge in [0.05, 0.1) is 13.5 Å². The molecule has 3 N–H and O–H groups in total. The van der Waals surface area contributed by atoms with E-state index < -0.39 is 0 Å². The van der Waals surface area contributed by atoms with Crippen LogP contribution in [-0.2, 0) is 11.2 Å². The fourth-order valence-corrected chi connectivity index (χ4v) is 2.86. The summed E-state index contributed by atoms with van der Waals surface area (Å²) in [7, 11) is 1.63. The number of hydrogen-bond donors (Lipinski definition) is 2. The van der Waals surface area contributed by atoms with Gasteiger partial charge < -0.3 is 15.8 Å². The molecule has 0 aliphatic heterocycles. The summed E-state index contributed by atoms with van der Waals surface area (Å²) in [5.41, 5.74) is 7.01. The Morgan fingerprint density at radius 1 is 1.30 bits per heavy atom. The van der Waals surface area contributed by atoms with E-state index in [1.807, 2.05) is 24.3 Å². The van der Waals surface area contributed by atoms with Crippen LogP contribution in [0, 0.1) is 5.41 Å². The summed E-state index contributed by atoms with van der Waals surface area (Å²) >= 11 is 0. The average molecular weight is 276 g/mol. The molecule has 1 aliphatic rings. The molecule has 1 amide bonds. The van der Waals surface area contributed by atoms with Gasteiger partial charge in [0.15, 0.2) is 0 Å². The number of amides is 1. The van der Waals surface area contributed by atoms with Crippen molar-refractivity contribution in [3.63, 3.8) is 0 Å². The number of nitrogens with two attached hydrogens (primary N) is 1. The molecule has 0 spiro atoms. The lowest BCUT2D eigenvalue weighted by molar-refractivity contribution is -0.120. The molecule has 1 saturated carbocycles. The van der Waals surface area contributed by atoms with E-state index in [9.17, 15) is 4.79 Å². The Balaban J connectivity index is 1.82. The van der Waals surface area contributed by atoms with E-state index in [4.69, 9.17) is 10.5 Å². The molecule has 1 aromatic rings. The molecule has 0 radical (unpaired) electrons. The van der Waals surface area contributed by atoms with Crippen LogP contribution in [0.3, 0.4) is 0 Å². The van der Waals surface area contributed by atoms with Gasteiger partial charge in [0, 0.05) is 6.54 Å². The zero-order chi connectivity index (χ0) is 14.4. The van der Waals surface area contributed by atoms with Crippen molar-refractivity contribution in [1.82, 2.24) is 5.32 Å². The third kappa shape index (κ3) is 3.73. The number of carbonyl (C=O) groups is 1. The van der Waals surface area contributed by atoms with Gasteiger partial charge in [-0.25, -0.2) is 0 Å². The summed E-state index contributed by atoms with van der Waals surface area (Å²) in [6, 6.07) is 7.60. The molecular weight excluding hydrogens is 252 g/mol. The molecule has 4 nitrogen and oxygen atoms in total. The molecule has 4 heteroatoms. The first-order valence-electron chi connectivity index (χ1n) is 7.27. The van der Waals surface area contributed by atoms with Crippen LogP contribution in [0.5, 0.6) is 5.75 Å². The van der Waals surface area contributed by atoms with Crippen LogP contribution in [0.15, 0.2) is 24.3 Å². The van der Waals surface area contributed by atoms with Gasteiger partial charge in [-0.15, -0.1) is 0 Å².